The van der Waals surface area contributed by atoms with Crippen molar-refractivity contribution < 1.29 is 9.90 Å². The molecule has 2 atom stereocenters. The van der Waals surface area contributed by atoms with Gasteiger partial charge in [-0.25, -0.2) is 9.59 Å². The Morgan fingerprint density at radius 3 is 2.19 bits per heavy atom. The number of hydrogen-bond donors (Lipinski definition) is 2. The number of benzene rings is 3. The van der Waals surface area contributed by atoms with E-state index in [9.17, 15) is 14.7 Å². The van der Waals surface area contributed by atoms with Crippen molar-refractivity contribution in [2.75, 3.05) is 19.6 Å². The van der Waals surface area contributed by atoms with Crippen molar-refractivity contribution in [2.45, 2.75) is 38.4 Å². The van der Waals surface area contributed by atoms with Crippen molar-refractivity contribution in [3.05, 3.63) is 107 Å². The molecule has 4 aromatic rings. The van der Waals surface area contributed by atoms with Gasteiger partial charge in [-0.15, -0.1) is 0 Å². The van der Waals surface area contributed by atoms with Crippen LogP contribution in [0.15, 0.2) is 89.7 Å². The van der Waals surface area contributed by atoms with Gasteiger partial charge in [0.25, 0.3) is 0 Å². The van der Waals surface area contributed by atoms with E-state index in [0.29, 0.717) is 19.5 Å². The molecule has 1 saturated heterocycles. The topological polar surface area (TPSA) is 81.6 Å². The fourth-order valence-corrected chi connectivity index (χ4v) is 5.70. The molecule has 3 aromatic carbocycles. The van der Waals surface area contributed by atoms with Crippen LogP contribution in [0, 0.1) is 5.92 Å². The van der Waals surface area contributed by atoms with Gasteiger partial charge < -0.3 is 15.0 Å². The van der Waals surface area contributed by atoms with Gasteiger partial charge in [0.2, 0.25) is 0 Å². The molecule has 1 aliphatic heterocycles. The van der Waals surface area contributed by atoms with Crippen LogP contribution in [0.4, 0.5) is 4.79 Å². The molecule has 1 amide bonds. The van der Waals surface area contributed by atoms with Crippen LogP contribution in [0.1, 0.15) is 36.4 Å². The molecule has 0 bridgehead atoms. The van der Waals surface area contributed by atoms with Crippen LogP contribution in [0.2, 0.25) is 0 Å². The molecule has 1 aromatic heterocycles. The molecule has 2 N–H and O–H groups in total. The third-order valence-electron chi connectivity index (χ3n) is 7.47. The van der Waals surface area contributed by atoms with Crippen molar-refractivity contribution in [3.63, 3.8) is 0 Å². The Balaban J connectivity index is 1.33. The number of amides is 1. The van der Waals surface area contributed by atoms with E-state index in [1.165, 1.54) is 16.0 Å². The minimum atomic E-state index is -0.885. The number of H-pyrrole nitrogens is 1. The predicted octanol–water partition coefficient (Wildman–Crippen LogP) is 5.35. The lowest BCUT2D eigenvalue weighted by molar-refractivity contribution is 0.0932. The summed E-state index contributed by atoms with van der Waals surface area (Å²) >= 11 is 0. The lowest BCUT2D eigenvalue weighted by Gasteiger charge is -2.38. The van der Waals surface area contributed by atoms with E-state index in [1.54, 1.807) is 0 Å². The number of carbonyl (C=O) groups is 1. The molecular weight excluding hydrogens is 464 g/mol. The molecule has 0 radical (unpaired) electrons. The van der Waals surface area contributed by atoms with Gasteiger partial charge in [-0.1, -0.05) is 72.8 Å². The minimum Gasteiger partial charge on any atom is -0.465 e. The molecule has 7 heteroatoms. The molecule has 192 valence electrons. The summed E-state index contributed by atoms with van der Waals surface area (Å²) in [5.74, 6) is 0.0667. The number of aromatic amines is 1. The summed E-state index contributed by atoms with van der Waals surface area (Å²) in [6, 6.07) is 28.7. The van der Waals surface area contributed by atoms with E-state index in [1.807, 2.05) is 41.0 Å². The first-order chi connectivity index (χ1) is 18.1. The standard InChI is InChI=1S/C30H34N4O3/c35-29-31-26-15-7-8-16-28(26)34(29)27-17-19-33(30(36)37)22-25(27)14-9-18-32(20-23-10-3-1-4-11-23)21-24-12-5-2-6-13-24/h1-8,10-13,15-16,25,27H,9,14,17-22H2,(H,31,35)(H,36,37). The van der Waals surface area contributed by atoms with Crippen LogP contribution >= 0.6 is 0 Å². The molecule has 0 aliphatic carbocycles. The van der Waals surface area contributed by atoms with Crippen molar-refractivity contribution in [2.24, 2.45) is 5.92 Å². The molecule has 7 nitrogen and oxygen atoms in total. The van der Waals surface area contributed by atoms with Gasteiger partial charge in [0.1, 0.15) is 0 Å². The maximum Gasteiger partial charge on any atom is 0.407 e. The molecule has 5 rings (SSSR count). The molecule has 2 heterocycles. The molecule has 37 heavy (non-hydrogen) atoms. The van der Waals surface area contributed by atoms with Crippen molar-refractivity contribution in [1.82, 2.24) is 19.4 Å². The van der Waals surface area contributed by atoms with Gasteiger partial charge in [0, 0.05) is 32.2 Å². The summed E-state index contributed by atoms with van der Waals surface area (Å²) in [6.07, 6.45) is 1.52. The van der Waals surface area contributed by atoms with Crippen molar-refractivity contribution in [3.8, 4) is 0 Å². The van der Waals surface area contributed by atoms with E-state index in [0.717, 1.165) is 43.5 Å². The summed E-state index contributed by atoms with van der Waals surface area (Å²) in [4.78, 5) is 31.7. The molecule has 1 fully saturated rings. The predicted molar refractivity (Wildman–Crippen MR) is 146 cm³/mol. The van der Waals surface area contributed by atoms with E-state index in [2.05, 4.69) is 58.4 Å². The Labute approximate surface area is 217 Å². The SMILES string of the molecule is O=C(O)N1CCC(n2c(=O)[nH]c3ccccc32)C(CCCN(Cc2ccccc2)Cc2ccccc2)C1. The number of imidazole rings is 1. The average Bonchev–Trinajstić information content (AvgIpc) is 3.25. The lowest BCUT2D eigenvalue weighted by atomic mass is 9.87. The number of hydrogen-bond acceptors (Lipinski definition) is 3. The second-order valence-electron chi connectivity index (χ2n) is 9.99. The molecule has 0 saturated carbocycles. The fraction of sp³-hybridized carbons (Fsp3) is 0.333. The number of nitrogens with zero attached hydrogens (tertiary/aromatic N) is 3. The second-order valence-corrected chi connectivity index (χ2v) is 9.99. The van der Waals surface area contributed by atoms with E-state index < -0.39 is 6.09 Å². The summed E-state index contributed by atoms with van der Waals surface area (Å²) in [5, 5.41) is 9.68. The Morgan fingerprint density at radius 2 is 1.54 bits per heavy atom. The largest absolute Gasteiger partial charge is 0.465 e. The average molecular weight is 499 g/mol. The number of aromatic nitrogens is 2. The Morgan fingerprint density at radius 1 is 0.919 bits per heavy atom. The number of piperidine rings is 1. The number of rotatable bonds is 9. The zero-order valence-electron chi connectivity index (χ0n) is 21.0. The van der Waals surface area contributed by atoms with Crippen LogP contribution in [0.5, 0.6) is 0 Å². The number of para-hydroxylation sites is 2. The highest BCUT2D eigenvalue weighted by Gasteiger charge is 2.34. The van der Waals surface area contributed by atoms with E-state index in [4.69, 9.17) is 0 Å². The second kappa shape index (κ2) is 11.5. The minimum absolute atomic E-state index is 0.0315. The molecule has 1 aliphatic rings. The maximum absolute atomic E-state index is 13.0. The van der Waals surface area contributed by atoms with Crippen LogP contribution < -0.4 is 5.69 Å². The van der Waals surface area contributed by atoms with Gasteiger partial charge in [-0.3, -0.25) is 9.47 Å². The van der Waals surface area contributed by atoms with E-state index in [-0.39, 0.29) is 17.6 Å². The first-order valence-corrected chi connectivity index (χ1v) is 13.1. The number of carboxylic acid groups (broad SMARTS) is 1. The molecular formula is C30H34N4O3. The van der Waals surface area contributed by atoms with Crippen LogP contribution in [0.25, 0.3) is 11.0 Å². The van der Waals surface area contributed by atoms with Crippen molar-refractivity contribution in [1.29, 1.82) is 0 Å². The third-order valence-corrected chi connectivity index (χ3v) is 7.47. The van der Waals surface area contributed by atoms with Crippen LogP contribution in [0.3, 0.4) is 0 Å². The number of nitrogens with one attached hydrogen (secondary N) is 1. The van der Waals surface area contributed by atoms with Gasteiger partial charge in [0.15, 0.2) is 0 Å². The Bertz CT molecular complexity index is 1320. The monoisotopic (exact) mass is 498 g/mol. The van der Waals surface area contributed by atoms with Crippen LogP contribution in [-0.2, 0) is 13.1 Å². The quantitative estimate of drug-likeness (QED) is 0.326. The summed E-state index contributed by atoms with van der Waals surface area (Å²) in [5.41, 5.74) is 4.15. The smallest absolute Gasteiger partial charge is 0.407 e. The highest BCUT2D eigenvalue weighted by atomic mass is 16.4. The number of fused-ring (bicyclic) bond motifs is 1. The van der Waals surface area contributed by atoms with Gasteiger partial charge >= 0.3 is 11.8 Å². The Hall–Kier alpha value is -3.84. The van der Waals surface area contributed by atoms with Crippen molar-refractivity contribution >= 4 is 17.1 Å². The summed E-state index contributed by atoms with van der Waals surface area (Å²) < 4.78 is 1.87. The van der Waals surface area contributed by atoms with Gasteiger partial charge in [-0.2, -0.15) is 0 Å². The van der Waals surface area contributed by atoms with Gasteiger partial charge in [-0.05, 0) is 55.0 Å². The maximum atomic E-state index is 13.0. The highest BCUT2D eigenvalue weighted by molar-refractivity contribution is 5.75. The first-order valence-electron chi connectivity index (χ1n) is 13.1. The van der Waals surface area contributed by atoms with Crippen LogP contribution in [-0.4, -0.2) is 50.2 Å². The number of likely N-dealkylation sites (tertiary alicyclic amines) is 1. The van der Waals surface area contributed by atoms with E-state index >= 15 is 0 Å². The molecule has 2 unspecified atom stereocenters. The zero-order valence-corrected chi connectivity index (χ0v) is 21.0. The third kappa shape index (κ3) is 5.94. The fourth-order valence-electron chi connectivity index (χ4n) is 5.70. The first kappa shape index (κ1) is 24.8. The lowest BCUT2D eigenvalue weighted by Crippen LogP contribution is -2.45. The zero-order chi connectivity index (χ0) is 25.6. The summed E-state index contributed by atoms with van der Waals surface area (Å²) in [7, 11) is 0. The Kier molecular flexibility index (Phi) is 7.70. The van der Waals surface area contributed by atoms with Gasteiger partial charge in [0.05, 0.1) is 11.0 Å². The molecule has 0 spiro atoms. The normalized spacial score (nSPS) is 17.9. The highest BCUT2D eigenvalue weighted by Crippen LogP contribution is 2.33. The summed E-state index contributed by atoms with van der Waals surface area (Å²) in [6.45, 7) is 3.49.